The molecule has 0 atom stereocenters. The van der Waals surface area contributed by atoms with Gasteiger partial charge in [-0.3, -0.25) is 0 Å². The third-order valence-corrected chi connectivity index (χ3v) is 4.35. The van der Waals surface area contributed by atoms with E-state index in [0.717, 1.165) is 22.4 Å². The predicted molar refractivity (Wildman–Crippen MR) is 97.6 cm³/mol. The SMILES string of the molecule is Cc1cccc(NC(=O)NCc2nc(-c3ccc4c(c3)OCO4)no2)c1C. The molecule has 1 aliphatic rings. The van der Waals surface area contributed by atoms with Crippen LogP contribution in [-0.4, -0.2) is 23.0 Å². The Morgan fingerprint density at radius 2 is 2.00 bits per heavy atom. The summed E-state index contributed by atoms with van der Waals surface area (Å²) < 4.78 is 15.8. The fraction of sp³-hybridized carbons (Fsp3) is 0.211. The van der Waals surface area contributed by atoms with Gasteiger partial charge in [0.05, 0.1) is 6.54 Å². The molecular formula is C19H18N4O4. The van der Waals surface area contributed by atoms with Crippen LogP contribution in [0.15, 0.2) is 40.9 Å². The van der Waals surface area contributed by atoms with E-state index >= 15 is 0 Å². The number of aryl methyl sites for hydroxylation is 1. The molecule has 4 rings (SSSR count). The third kappa shape index (κ3) is 3.55. The number of hydrogen-bond donors (Lipinski definition) is 2. The molecule has 2 amide bonds. The van der Waals surface area contributed by atoms with Crippen LogP contribution in [0.4, 0.5) is 10.5 Å². The van der Waals surface area contributed by atoms with Gasteiger partial charge in [-0.2, -0.15) is 4.98 Å². The molecule has 27 heavy (non-hydrogen) atoms. The Balaban J connectivity index is 1.38. The first-order chi connectivity index (χ1) is 13.1. The summed E-state index contributed by atoms with van der Waals surface area (Å²) in [6, 6.07) is 10.8. The number of carbonyl (C=O) groups excluding carboxylic acids is 1. The van der Waals surface area contributed by atoms with Crippen LogP contribution in [0.3, 0.4) is 0 Å². The average Bonchev–Trinajstić information content (AvgIpc) is 3.32. The molecule has 1 aliphatic heterocycles. The van der Waals surface area contributed by atoms with Crippen LogP contribution in [0.2, 0.25) is 0 Å². The van der Waals surface area contributed by atoms with Gasteiger partial charge in [0.1, 0.15) is 0 Å². The van der Waals surface area contributed by atoms with Gasteiger partial charge >= 0.3 is 6.03 Å². The second-order valence-corrected chi connectivity index (χ2v) is 6.13. The normalized spacial score (nSPS) is 12.1. The maximum Gasteiger partial charge on any atom is 0.319 e. The van der Waals surface area contributed by atoms with Crippen molar-refractivity contribution in [1.82, 2.24) is 15.5 Å². The number of nitrogens with zero attached hydrogens (tertiary/aromatic N) is 2. The van der Waals surface area contributed by atoms with Crippen molar-refractivity contribution in [3.63, 3.8) is 0 Å². The summed E-state index contributed by atoms with van der Waals surface area (Å²) >= 11 is 0. The lowest BCUT2D eigenvalue weighted by Crippen LogP contribution is -2.28. The quantitative estimate of drug-likeness (QED) is 0.734. The van der Waals surface area contributed by atoms with Crippen LogP contribution in [-0.2, 0) is 6.54 Å². The molecule has 2 aromatic carbocycles. The highest BCUT2D eigenvalue weighted by molar-refractivity contribution is 5.90. The van der Waals surface area contributed by atoms with Crippen molar-refractivity contribution in [3.05, 3.63) is 53.4 Å². The second-order valence-electron chi connectivity index (χ2n) is 6.13. The molecule has 0 fully saturated rings. The Morgan fingerprint density at radius 1 is 1.15 bits per heavy atom. The highest BCUT2D eigenvalue weighted by Crippen LogP contribution is 2.35. The van der Waals surface area contributed by atoms with E-state index in [1.807, 2.05) is 38.1 Å². The lowest BCUT2D eigenvalue weighted by atomic mass is 10.1. The molecule has 0 bridgehead atoms. The van der Waals surface area contributed by atoms with Crippen molar-refractivity contribution >= 4 is 11.7 Å². The van der Waals surface area contributed by atoms with Crippen molar-refractivity contribution in [1.29, 1.82) is 0 Å². The zero-order valence-corrected chi connectivity index (χ0v) is 14.9. The molecule has 3 aromatic rings. The van der Waals surface area contributed by atoms with E-state index in [9.17, 15) is 4.79 Å². The van der Waals surface area contributed by atoms with Crippen LogP contribution >= 0.6 is 0 Å². The van der Waals surface area contributed by atoms with Gasteiger partial charge in [-0.25, -0.2) is 4.79 Å². The summed E-state index contributed by atoms with van der Waals surface area (Å²) in [5, 5.41) is 9.47. The van der Waals surface area contributed by atoms with Crippen molar-refractivity contribution in [2.45, 2.75) is 20.4 Å². The number of fused-ring (bicyclic) bond motifs is 1. The van der Waals surface area contributed by atoms with E-state index < -0.39 is 0 Å². The number of rotatable bonds is 4. The number of ether oxygens (including phenoxy) is 2. The van der Waals surface area contributed by atoms with Crippen molar-refractivity contribution in [2.75, 3.05) is 12.1 Å². The molecule has 0 radical (unpaired) electrons. The molecule has 0 aliphatic carbocycles. The number of urea groups is 1. The fourth-order valence-corrected chi connectivity index (χ4v) is 2.69. The molecular weight excluding hydrogens is 348 g/mol. The molecule has 0 unspecified atom stereocenters. The molecule has 0 spiro atoms. The lowest BCUT2D eigenvalue weighted by molar-refractivity contribution is 0.174. The zero-order valence-electron chi connectivity index (χ0n) is 14.9. The number of nitrogens with one attached hydrogen (secondary N) is 2. The van der Waals surface area contributed by atoms with Crippen LogP contribution in [0.1, 0.15) is 17.0 Å². The maximum absolute atomic E-state index is 12.1. The van der Waals surface area contributed by atoms with Crippen LogP contribution < -0.4 is 20.1 Å². The third-order valence-electron chi connectivity index (χ3n) is 4.35. The minimum absolute atomic E-state index is 0.119. The number of carbonyl (C=O) groups is 1. The molecule has 0 saturated carbocycles. The average molecular weight is 366 g/mol. The number of aromatic nitrogens is 2. The highest BCUT2D eigenvalue weighted by Gasteiger charge is 2.17. The minimum atomic E-state index is -0.341. The lowest BCUT2D eigenvalue weighted by Gasteiger charge is -2.10. The smallest absolute Gasteiger partial charge is 0.319 e. The summed E-state index contributed by atoms with van der Waals surface area (Å²) in [7, 11) is 0. The first kappa shape index (κ1) is 16.9. The van der Waals surface area contributed by atoms with Crippen molar-refractivity contribution in [2.24, 2.45) is 0 Å². The van der Waals surface area contributed by atoms with Crippen molar-refractivity contribution in [3.8, 4) is 22.9 Å². The minimum Gasteiger partial charge on any atom is -0.454 e. The summed E-state index contributed by atoms with van der Waals surface area (Å²) in [6.07, 6.45) is 0. The van der Waals surface area contributed by atoms with E-state index in [4.69, 9.17) is 14.0 Å². The van der Waals surface area contributed by atoms with Gasteiger partial charge in [0.2, 0.25) is 18.5 Å². The van der Waals surface area contributed by atoms with Gasteiger partial charge in [0.25, 0.3) is 0 Å². The monoisotopic (exact) mass is 366 g/mol. The Morgan fingerprint density at radius 3 is 2.89 bits per heavy atom. The van der Waals surface area contributed by atoms with E-state index in [1.165, 1.54) is 0 Å². The Labute approximate surface area is 155 Å². The summed E-state index contributed by atoms with van der Waals surface area (Å²) in [5.41, 5.74) is 3.64. The van der Waals surface area contributed by atoms with Gasteiger partial charge in [-0.15, -0.1) is 0 Å². The fourth-order valence-electron chi connectivity index (χ4n) is 2.69. The Bertz CT molecular complexity index is 999. The molecule has 1 aromatic heterocycles. The van der Waals surface area contributed by atoms with Gasteiger partial charge < -0.3 is 24.6 Å². The second kappa shape index (κ2) is 6.99. The molecule has 138 valence electrons. The molecule has 0 saturated heterocycles. The standard InChI is InChI=1S/C19H18N4O4/c1-11-4-3-5-14(12(11)2)21-19(24)20-9-17-22-18(23-27-17)13-6-7-15-16(8-13)26-10-25-15/h3-8H,9-10H2,1-2H3,(H2,20,21,24). The molecule has 8 nitrogen and oxygen atoms in total. The van der Waals surface area contributed by atoms with Crippen molar-refractivity contribution < 1.29 is 18.8 Å². The van der Waals surface area contributed by atoms with E-state index in [2.05, 4.69) is 20.8 Å². The summed E-state index contributed by atoms with van der Waals surface area (Å²) in [5.74, 6) is 2.05. The molecule has 2 heterocycles. The topological polar surface area (TPSA) is 98.5 Å². The van der Waals surface area contributed by atoms with E-state index in [1.54, 1.807) is 12.1 Å². The summed E-state index contributed by atoms with van der Waals surface area (Å²) in [4.78, 5) is 16.4. The van der Waals surface area contributed by atoms with Crippen LogP contribution in [0.25, 0.3) is 11.4 Å². The van der Waals surface area contributed by atoms with Gasteiger partial charge in [0, 0.05) is 11.3 Å². The first-order valence-corrected chi connectivity index (χ1v) is 8.44. The van der Waals surface area contributed by atoms with E-state index in [-0.39, 0.29) is 19.4 Å². The Kier molecular flexibility index (Phi) is 4.37. The van der Waals surface area contributed by atoms with Gasteiger partial charge in [-0.1, -0.05) is 17.3 Å². The first-order valence-electron chi connectivity index (χ1n) is 8.44. The molecule has 2 N–H and O–H groups in total. The summed E-state index contributed by atoms with van der Waals surface area (Å²) in [6.45, 7) is 4.28. The number of amides is 2. The maximum atomic E-state index is 12.1. The largest absolute Gasteiger partial charge is 0.454 e. The van der Waals surface area contributed by atoms with Gasteiger partial charge in [-0.05, 0) is 49.2 Å². The van der Waals surface area contributed by atoms with Gasteiger partial charge in [0.15, 0.2) is 11.5 Å². The predicted octanol–water partition coefficient (Wildman–Crippen LogP) is 3.40. The highest BCUT2D eigenvalue weighted by atomic mass is 16.7. The number of benzene rings is 2. The Hall–Kier alpha value is -3.55. The van der Waals surface area contributed by atoms with Crippen LogP contribution in [0.5, 0.6) is 11.5 Å². The number of hydrogen-bond acceptors (Lipinski definition) is 6. The number of anilines is 1. The molecule has 8 heteroatoms. The zero-order chi connectivity index (χ0) is 18.8. The van der Waals surface area contributed by atoms with E-state index in [0.29, 0.717) is 23.2 Å². The van der Waals surface area contributed by atoms with Crippen LogP contribution in [0, 0.1) is 13.8 Å².